The first kappa shape index (κ1) is 12.3. The zero-order valence-corrected chi connectivity index (χ0v) is 14.1. The van der Waals surface area contributed by atoms with Gasteiger partial charge in [0.15, 0.2) is 0 Å². The number of hydrogen-bond acceptors (Lipinski definition) is 4. The fourth-order valence-electron chi connectivity index (χ4n) is 1.59. The Bertz CT molecular complexity index is 619. The van der Waals surface area contributed by atoms with E-state index in [1.54, 1.807) is 34.0 Å². The van der Waals surface area contributed by atoms with Crippen molar-refractivity contribution in [3.63, 3.8) is 0 Å². The fourth-order valence-corrected chi connectivity index (χ4v) is 5.92. The van der Waals surface area contributed by atoms with Crippen LogP contribution >= 0.6 is 65.9 Å². The molecule has 88 valence electrons. The quantitative estimate of drug-likeness (QED) is 0.586. The molecule has 0 aliphatic carbocycles. The van der Waals surface area contributed by atoms with Gasteiger partial charge in [0.25, 0.3) is 0 Å². The van der Waals surface area contributed by atoms with Crippen LogP contribution in [0.2, 0.25) is 0 Å². The lowest BCUT2D eigenvalue weighted by molar-refractivity contribution is 0.918. The van der Waals surface area contributed by atoms with Gasteiger partial charge in [0, 0.05) is 23.6 Å². The van der Waals surface area contributed by atoms with Crippen LogP contribution < -0.4 is 5.73 Å². The minimum Gasteiger partial charge on any atom is -0.319 e. The molecule has 0 fully saturated rings. The van der Waals surface area contributed by atoms with E-state index in [2.05, 4.69) is 55.4 Å². The number of hydrogen-bond donors (Lipinski definition) is 1. The van der Waals surface area contributed by atoms with E-state index in [0.717, 1.165) is 8.26 Å². The first-order valence-electron chi connectivity index (χ1n) is 4.82. The van der Waals surface area contributed by atoms with Crippen LogP contribution in [-0.2, 0) is 0 Å². The molecule has 0 radical (unpaired) electrons. The summed E-state index contributed by atoms with van der Waals surface area (Å²) in [6.07, 6.45) is 0. The summed E-state index contributed by atoms with van der Waals surface area (Å²) in [4.78, 5) is 2.41. The van der Waals surface area contributed by atoms with Gasteiger partial charge >= 0.3 is 0 Å². The second-order valence-electron chi connectivity index (χ2n) is 3.55. The summed E-state index contributed by atoms with van der Waals surface area (Å²) in [6.45, 7) is 0. The second kappa shape index (κ2) is 4.75. The van der Waals surface area contributed by atoms with Crippen LogP contribution in [-0.4, -0.2) is 0 Å². The van der Waals surface area contributed by atoms with E-state index < -0.39 is 0 Å². The largest absolute Gasteiger partial charge is 0.319 e. The summed E-state index contributed by atoms with van der Waals surface area (Å²) in [5.41, 5.74) is 6.31. The molecular formula is C11H7Br2NS3. The maximum atomic E-state index is 6.31. The third-order valence-electron chi connectivity index (χ3n) is 2.44. The average molecular weight is 409 g/mol. The Morgan fingerprint density at radius 1 is 1.06 bits per heavy atom. The average Bonchev–Trinajstić information content (AvgIpc) is 2.92. The summed E-state index contributed by atoms with van der Waals surface area (Å²) in [5.74, 6) is 0. The molecule has 0 spiro atoms. The predicted molar refractivity (Wildman–Crippen MR) is 85.5 cm³/mol. The lowest BCUT2D eigenvalue weighted by Crippen LogP contribution is -2.07. The van der Waals surface area contributed by atoms with Gasteiger partial charge in [0.1, 0.15) is 0 Å². The highest BCUT2D eigenvalue weighted by molar-refractivity contribution is 9.13. The van der Waals surface area contributed by atoms with Crippen LogP contribution in [0.25, 0.3) is 9.40 Å². The van der Waals surface area contributed by atoms with Crippen LogP contribution in [0.3, 0.4) is 0 Å². The van der Waals surface area contributed by atoms with Crippen molar-refractivity contribution in [1.82, 2.24) is 0 Å². The lowest BCUT2D eigenvalue weighted by atomic mass is 10.2. The van der Waals surface area contributed by atoms with E-state index in [1.165, 1.54) is 19.2 Å². The van der Waals surface area contributed by atoms with Gasteiger partial charge in [-0.05, 0) is 55.4 Å². The topological polar surface area (TPSA) is 26.0 Å². The van der Waals surface area contributed by atoms with Gasteiger partial charge in [-0.3, -0.25) is 0 Å². The van der Waals surface area contributed by atoms with Crippen LogP contribution in [0.15, 0.2) is 31.8 Å². The SMILES string of the molecule is NC(c1cc(Br)c(Br)s1)c1cc2sccc2s1. The number of fused-ring (bicyclic) bond motifs is 1. The first-order valence-corrected chi connectivity index (χ1v) is 8.92. The van der Waals surface area contributed by atoms with Crippen molar-refractivity contribution >= 4 is 75.3 Å². The number of nitrogens with two attached hydrogens (primary N) is 1. The standard InChI is InChI=1S/C11H7Br2NS3/c12-5-3-8(17-11(5)13)10(14)9-4-7-6(16-9)1-2-15-7/h1-4,10H,14H2. The fraction of sp³-hybridized carbons (Fsp3) is 0.0909. The maximum Gasteiger partial charge on any atom is 0.0843 e. The van der Waals surface area contributed by atoms with Gasteiger partial charge in [0.05, 0.1) is 9.83 Å². The molecule has 1 unspecified atom stereocenters. The van der Waals surface area contributed by atoms with Crippen molar-refractivity contribution in [1.29, 1.82) is 0 Å². The molecule has 6 heteroatoms. The van der Waals surface area contributed by atoms with Crippen LogP contribution in [0.1, 0.15) is 15.8 Å². The molecule has 3 aromatic heterocycles. The molecule has 1 atom stereocenters. The highest BCUT2D eigenvalue weighted by Gasteiger charge is 2.16. The monoisotopic (exact) mass is 407 g/mol. The summed E-state index contributed by atoms with van der Waals surface area (Å²) < 4.78 is 4.83. The molecule has 0 saturated heterocycles. The Balaban J connectivity index is 2.01. The van der Waals surface area contributed by atoms with Crippen LogP contribution in [0, 0.1) is 0 Å². The molecule has 3 aromatic rings. The van der Waals surface area contributed by atoms with Gasteiger partial charge in [-0.1, -0.05) is 0 Å². The normalized spacial score (nSPS) is 13.4. The third-order valence-corrected chi connectivity index (χ3v) is 7.95. The zero-order valence-electron chi connectivity index (χ0n) is 8.44. The van der Waals surface area contributed by atoms with Crippen molar-refractivity contribution in [3.8, 4) is 0 Å². The molecule has 0 aromatic carbocycles. The van der Waals surface area contributed by atoms with Crippen molar-refractivity contribution in [2.24, 2.45) is 5.73 Å². The van der Waals surface area contributed by atoms with E-state index >= 15 is 0 Å². The van der Waals surface area contributed by atoms with E-state index in [-0.39, 0.29) is 6.04 Å². The highest BCUT2D eigenvalue weighted by Crippen LogP contribution is 2.40. The van der Waals surface area contributed by atoms with Crippen LogP contribution in [0.5, 0.6) is 0 Å². The van der Waals surface area contributed by atoms with Crippen LogP contribution in [0.4, 0.5) is 0 Å². The van der Waals surface area contributed by atoms with Gasteiger partial charge in [-0.2, -0.15) is 0 Å². The summed E-state index contributed by atoms with van der Waals surface area (Å²) in [5, 5.41) is 2.12. The Morgan fingerprint density at radius 2 is 1.82 bits per heavy atom. The first-order chi connectivity index (χ1) is 8.15. The van der Waals surface area contributed by atoms with Crippen molar-refractivity contribution in [3.05, 3.63) is 41.6 Å². The number of halogens is 2. The Morgan fingerprint density at radius 3 is 2.47 bits per heavy atom. The Kier molecular flexibility index (Phi) is 3.44. The van der Waals surface area contributed by atoms with Gasteiger partial charge < -0.3 is 5.73 Å². The van der Waals surface area contributed by atoms with Crippen molar-refractivity contribution in [2.75, 3.05) is 0 Å². The zero-order chi connectivity index (χ0) is 12.0. The number of rotatable bonds is 2. The summed E-state index contributed by atoms with van der Waals surface area (Å²) >= 11 is 12.2. The third kappa shape index (κ3) is 2.27. The van der Waals surface area contributed by atoms with Gasteiger partial charge in [-0.25, -0.2) is 0 Å². The highest BCUT2D eigenvalue weighted by atomic mass is 79.9. The van der Waals surface area contributed by atoms with E-state index in [0.29, 0.717) is 0 Å². The molecule has 1 nitrogen and oxygen atoms in total. The molecule has 0 aliphatic heterocycles. The molecule has 0 bridgehead atoms. The van der Waals surface area contributed by atoms with E-state index in [1.807, 2.05) is 0 Å². The second-order valence-corrected chi connectivity index (χ2v) is 8.87. The lowest BCUT2D eigenvalue weighted by Gasteiger charge is -2.05. The van der Waals surface area contributed by atoms with Crippen molar-refractivity contribution < 1.29 is 0 Å². The van der Waals surface area contributed by atoms with E-state index in [4.69, 9.17) is 5.73 Å². The van der Waals surface area contributed by atoms with Gasteiger partial charge in [-0.15, -0.1) is 34.0 Å². The minimum atomic E-state index is -0.0211. The molecule has 3 rings (SSSR count). The molecular weight excluding hydrogens is 402 g/mol. The van der Waals surface area contributed by atoms with Gasteiger partial charge in [0.2, 0.25) is 0 Å². The molecule has 17 heavy (non-hydrogen) atoms. The molecule has 0 aliphatic rings. The predicted octanol–water partition coefficient (Wildman–Crippen LogP) is 5.60. The Labute approximate surface area is 128 Å². The smallest absolute Gasteiger partial charge is 0.0843 e. The van der Waals surface area contributed by atoms with Crippen molar-refractivity contribution in [2.45, 2.75) is 6.04 Å². The maximum absolute atomic E-state index is 6.31. The molecule has 2 N–H and O–H groups in total. The number of thiophene rings is 3. The van der Waals surface area contributed by atoms with E-state index in [9.17, 15) is 0 Å². The molecule has 3 heterocycles. The summed E-state index contributed by atoms with van der Waals surface area (Å²) in [7, 11) is 0. The minimum absolute atomic E-state index is 0.0211. The Hall–Kier alpha value is 0.280. The summed E-state index contributed by atoms with van der Waals surface area (Å²) in [6, 6.07) is 6.43. The molecule has 0 amide bonds. The molecule has 0 saturated carbocycles.